The number of aliphatic carboxylic acids is 1. The topological polar surface area (TPSA) is 69.6 Å². The zero-order valence-electron chi connectivity index (χ0n) is 12.1. The molecule has 2 amide bonds. The normalized spacial score (nSPS) is 21.3. The van der Waals surface area contributed by atoms with Crippen molar-refractivity contribution in [3.05, 3.63) is 28.8 Å². The fourth-order valence-corrected chi connectivity index (χ4v) is 2.56. The Morgan fingerprint density at radius 2 is 2.04 bits per heavy atom. The molecule has 0 aliphatic carbocycles. The number of carboxylic acid groups (broad SMARTS) is 1. The van der Waals surface area contributed by atoms with E-state index in [0.29, 0.717) is 0 Å². The Hall–Kier alpha value is -1.96. The third-order valence-corrected chi connectivity index (χ3v) is 4.13. The van der Waals surface area contributed by atoms with Gasteiger partial charge < -0.3 is 15.3 Å². The van der Waals surface area contributed by atoms with Crippen molar-refractivity contribution in [3.8, 4) is 0 Å². The van der Waals surface area contributed by atoms with E-state index >= 15 is 0 Å². The quantitative estimate of drug-likeness (QED) is 0.854. The summed E-state index contributed by atoms with van der Waals surface area (Å²) in [6.45, 7) is 1.73. The number of hydrogen-bond donors (Lipinski definition) is 2. The molecular weight excluding hydrogens is 337 g/mol. The van der Waals surface area contributed by atoms with Gasteiger partial charge in [-0.3, -0.25) is 4.79 Å². The molecule has 0 bridgehead atoms. The third-order valence-electron chi connectivity index (χ3n) is 3.80. The van der Waals surface area contributed by atoms with Crippen LogP contribution in [0.2, 0.25) is 5.02 Å². The van der Waals surface area contributed by atoms with Crippen LogP contribution in [0.25, 0.3) is 0 Å². The Kier molecular flexibility index (Phi) is 4.48. The van der Waals surface area contributed by atoms with Gasteiger partial charge in [0.25, 0.3) is 0 Å². The molecule has 1 aromatic carbocycles. The summed E-state index contributed by atoms with van der Waals surface area (Å²) in [6, 6.07) is 2.39. The van der Waals surface area contributed by atoms with Gasteiger partial charge in [-0.1, -0.05) is 11.6 Å². The van der Waals surface area contributed by atoms with Gasteiger partial charge in [0, 0.05) is 18.8 Å². The first kappa shape index (κ1) is 17.4. The first-order chi connectivity index (χ1) is 10.5. The molecule has 9 heteroatoms. The molecule has 1 aliphatic rings. The average Bonchev–Trinajstić information content (AvgIpc) is 2.84. The van der Waals surface area contributed by atoms with E-state index in [1.54, 1.807) is 0 Å². The van der Waals surface area contributed by atoms with E-state index in [0.717, 1.165) is 12.1 Å². The number of nitrogens with zero attached hydrogens (tertiary/aromatic N) is 1. The number of halogens is 4. The molecule has 0 radical (unpaired) electrons. The van der Waals surface area contributed by atoms with Gasteiger partial charge in [-0.15, -0.1) is 0 Å². The Morgan fingerprint density at radius 3 is 2.57 bits per heavy atom. The molecule has 1 fully saturated rings. The summed E-state index contributed by atoms with van der Waals surface area (Å²) in [5, 5.41) is 11.0. The highest BCUT2D eigenvalue weighted by atomic mass is 35.5. The van der Waals surface area contributed by atoms with E-state index in [9.17, 15) is 22.8 Å². The molecule has 0 saturated carbocycles. The summed E-state index contributed by atoms with van der Waals surface area (Å²) < 4.78 is 38.4. The van der Waals surface area contributed by atoms with Gasteiger partial charge in [-0.2, -0.15) is 13.2 Å². The van der Waals surface area contributed by atoms with Crippen molar-refractivity contribution >= 4 is 29.3 Å². The number of carbonyl (C=O) groups is 2. The summed E-state index contributed by atoms with van der Waals surface area (Å²) in [4.78, 5) is 24.5. The zero-order valence-corrected chi connectivity index (χ0v) is 12.8. The molecule has 0 aromatic heterocycles. The van der Waals surface area contributed by atoms with Crippen LogP contribution in [-0.4, -0.2) is 35.1 Å². The van der Waals surface area contributed by atoms with Crippen LogP contribution in [0.4, 0.5) is 23.7 Å². The summed E-state index contributed by atoms with van der Waals surface area (Å²) >= 11 is 5.51. The van der Waals surface area contributed by atoms with E-state index < -0.39 is 34.2 Å². The second kappa shape index (κ2) is 5.92. The highest BCUT2D eigenvalue weighted by Crippen LogP contribution is 2.36. The minimum Gasteiger partial charge on any atom is -0.481 e. The van der Waals surface area contributed by atoms with E-state index in [-0.39, 0.29) is 25.2 Å². The first-order valence-corrected chi connectivity index (χ1v) is 7.07. The Bertz CT molecular complexity index is 651. The molecule has 1 unspecified atom stereocenters. The maximum atomic E-state index is 12.8. The molecule has 1 atom stereocenters. The molecule has 1 aliphatic heterocycles. The number of carboxylic acids is 1. The molecule has 1 heterocycles. The van der Waals surface area contributed by atoms with Crippen LogP contribution in [-0.2, 0) is 11.0 Å². The van der Waals surface area contributed by atoms with E-state index in [4.69, 9.17) is 16.7 Å². The SMILES string of the molecule is CC1(C(=O)O)CCN(C(=O)Nc2ccc(Cl)c(C(F)(F)F)c2)C1. The number of hydrogen-bond acceptors (Lipinski definition) is 2. The second-order valence-electron chi connectivity index (χ2n) is 5.66. The largest absolute Gasteiger partial charge is 0.481 e. The van der Waals surface area contributed by atoms with Crippen LogP contribution >= 0.6 is 11.6 Å². The summed E-state index contributed by atoms with van der Waals surface area (Å²) in [5.41, 5.74) is -2.15. The van der Waals surface area contributed by atoms with Crippen molar-refractivity contribution in [2.75, 3.05) is 18.4 Å². The molecule has 23 heavy (non-hydrogen) atoms. The third kappa shape index (κ3) is 3.69. The van der Waals surface area contributed by atoms with Crippen molar-refractivity contribution in [2.45, 2.75) is 19.5 Å². The molecule has 0 spiro atoms. The van der Waals surface area contributed by atoms with Crippen LogP contribution < -0.4 is 5.32 Å². The summed E-state index contributed by atoms with van der Waals surface area (Å²) in [5.74, 6) is -1.02. The van der Waals surface area contributed by atoms with Gasteiger partial charge in [0.05, 0.1) is 16.0 Å². The van der Waals surface area contributed by atoms with Gasteiger partial charge in [-0.05, 0) is 31.5 Å². The lowest BCUT2D eigenvalue weighted by molar-refractivity contribution is -0.147. The Balaban J connectivity index is 2.12. The summed E-state index contributed by atoms with van der Waals surface area (Å²) in [6.07, 6.45) is -4.35. The van der Waals surface area contributed by atoms with E-state index in [2.05, 4.69) is 5.32 Å². The van der Waals surface area contributed by atoms with Gasteiger partial charge in [-0.25, -0.2) is 4.79 Å². The lowest BCUT2D eigenvalue weighted by atomic mass is 9.90. The van der Waals surface area contributed by atoms with Gasteiger partial charge >= 0.3 is 18.2 Å². The second-order valence-corrected chi connectivity index (χ2v) is 6.07. The van der Waals surface area contributed by atoms with Crippen molar-refractivity contribution < 1.29 is 27.9 Å². The number of alkyl halides is 3. The highest BCUT2D eigenvalue weighted by Gasteiger charge is 2.42. The Labute approximate surface area is 135 Å². The maximum absolute atomic E-state index is 12.8. The predicted octanol–water partition coefficient (Wildman–Crippen LogP) is 3.69. The number of benzene rings is 1. The molecule has 2 rings (SSSR count). The minimum atomic E-state index is -4.63. The lowest BCUT2D eigenvalue weighted by Crippen LogP contribution is -2.37. The van der Waals surface area contributed by atoms with Crippen LogP contribution in [0.5, 0.6) is 0 Å². The molecule has 126 valence electrons. The highest BCUT2D eigenvalue weighted by molar-refractivity contribution is 6.31. The van der Waals surface area contributed by atoms with Crippen molar-refractivity contribution in [1.29, 1.82) is 0 Å². The zero-order chi connectivity index (χ0) is 17.4. The van der Waals surface area contributed by atoms with Crippen molar-refractivity contribution in [1.82, 2.24) is 4.90 Å². The number of likely N-dealkylation sites (tertiary alicyclic amines) is 1. The summed E-state index contributed by atoms with van der Waals surface area (Å²) in [7, 11) is 0. The number of rotatable bonds is 2. The van der Waals surface area contributed by atoms with E-state index in [1.807, 2.05) is 0 Å². The minimum absolute atomic E-state index is 0.00607. The van der Waals surface area contributed by atoms with E-state index in [1.165, 1.54) is 17.9 Å². The smallest absolute Gasteiger partial charge is 0.417 e. The Morgan fingerprint density at radius 1 is 1.39 bits per heavy atom. The first-order valence-electron chi connectivity index (χ1n) is 6.69. The van der Waals surface area contributed by atoms with Gasteiger partial charge in [0.15, 0.2) is 0 Å². The molecule has 2 N–H and O–H groups in total. The van der Waals surface area contributed by atoms with Gasteiger partial charge in [0.2, 0.25) is 0 Å². The predicted molar refractivity (Wildman–Crippen MR) is 77.4 cm³/mol. The molecular formula is C14H14ClF3N2O3. The fourth-order valence-electron chi connectivity index (χ4n) is 2.33. The number of urea groups is 1. The van der Waals surface area contributed by atoms with Crippen LogP contribution in [0, 0.1) is 5.41 Å². The number of amides is 2. The number of nitrogens with one attached hydrogen (secondary N) is 1. The standard InChI is InChI=1S/C14H14ClF3N2O3/c1-13(11(21)22)4-5-20(7-13)12(23)19-8-2-3-10(15)9(6-8)14(16,17)18/h2-3,6H,4-5,7H2,1H3,(H,19,23)(H,21,22). The van der Waals surface area contributed by atoms with Crippen LogP contribution in [0.1, 0.15) is 18.9 Å². The van der Waals surface area contributed by atoms with Crippen molar-refractivity contribution in [2.24, 2.45) is 5.41 Å². The molecule has 1 saturated heterocycles. The average molecular weight is 351 g/mol. The van der Waals surface area contributed by atoms with Crippen molar-refractivity contribution in [3.63, 3.8) is 0 Å². The van der Waals surface area contributed by atoms with Crippen LogP contribution in [0.15, 0.2) is 18.2 Å². The number of anilines is 1. The van der Waals surface area contributed by atoms with Crippen LogP contribution in [0.3, 0.4) is 0 Å². The van der Waals surface area contributed by atoms with Gasteiger partial charge in [0.1, 0.15) is 0 Å². The number of carbonyl (C=O) groups excluding carboxylic acids is 1. The monoisotopic (exact) mass is 350 g/mol. The fraction of sp³-hybridized carbons (Fsp3) is 0.429. The molecule has 1 aromatic rings. The maximum Gasteiger partial charge on any atom is 0.417 e. The lowest BCUT2D eigenvalue weighted by Gasteiger charge is -2.21. The molecule has 5 nitrogen and oxygen atoms in total.